The maximum absolute atomic E-state index is 12.1. The number of carbonyl (C=O) groups excluding carboxylic acids is 2. The highest BCUT2D eigenvalue weighted by Crippen LogP contribution is 2.34. The maximum Gasteiger partial charge on any atom is 0.348 e. The second-order valence-electron chi connectivity index (χ2n) is 5.92. The summed E-state index contributed by atoms with van der Waals surface area (Å²) in [5.41, 5.74) is 0.946. The van der Waals surface area contributed by atoms with Gasteiger partial charge in [-0.25, -0.2) is 9.78 Å². The molecular weight excluding hydrogens is 356 g/mol. The second-order valence-corrected chi connectivity index (χ2v) is 8.04. The molecule has 0 aliphatic heterocycles. The smallest absolute Gasteiger partial charge is 0.348 e. The van der Waals surface area contributed by atoms with Crippen molar-refractivity contribution in [1.82, 2.24) is 10.3 Å². The van der Waals surface area contributed by atoms with Crippen LogP contribution in [0.4, 0.5) is 0 Å². The van der Waals surface area contributed by atoms with Crippen LogP contribution < -0.4 is 5.32 Å². The van der Waals surface area contributed by atoms with Crippen LogP contribution in [0.25, 0.3) is 20.1 Å². The third kappa shape index (κ3) is 4.43. The SMILES string of the molecule is CC(C)CNC(=O)COC(=O)c1ccc(-c2nc3ccccc3s2)s1. The van der Waals surface area contributed by atoms with E-state index in [4.69, 9.17) is 4.74 Å². The molecule has 0 saturated heterocycles. The Labute approximate surface area is 153 Å². The highest BCUT2D eigenvalue weighted by Gasteiger charge is 2.15. The monoisotopic (exact) mass is 374 g/mol. The number of thiophene rings is 1. The van der Waals surface area contributed by atoms with Crippen LogP contribution in [0.5, 0.6) is 0 Å². The normalized spacial score (nSPS) is 11.0. The molecule has 0 aliphatic rings. The van der Waals surface area contributed by atoms with E-state index in [-0.39, 0.29) is 12.5 Å². The molecule has 0 bridgehead atoms. The molecule has 1 N–H and O–H groups in total. The minimum Gasteiger partial charge on any atom is -0.451 e. The number of fused-ring (bicyclic) bond motifs is 1. The van der Waals surface area contributed by atoms with Gasteiger partial charge in [0.25, 0.3) is 5.91 Å². The lowest BCUT2D eigenvalue weighted by molar-refractivity contribution is -0.124. The van der Waals surface area contributed by atoms with Gasteiger partial charge in [-0.1, -0.05) is 26.0 Å². The fourth-order valence-electron chi connectivity index (χ4n) is 2.11. The lowest BCUT2D eigenvalue weighted by atomic mass is 10.2. The van der Waals surface area contributed by atoms with Crippen molar-refractivity contribution in [2.75, 3.05) is 13.2 Å². The van der Waals surface area contributed by atoms with Crippen molar-refractivity contribution >= 4 is 44.8 Å². The van der Waals surface area contributed by atoms with Crippen LogP contribution in [0, 0.1) is 5.92 Å². The van der Waals surface area contributed by atoms with Crippen LogP contribution in [0.15, 0.2) is 36.4 Å². The summed E-state index contributed by atoms with van der Waals surface area (Å²) in [6.45, 7) is 4.31. The summed E-state index contributed by atoms with van der Waals surface area (Å²) in [6.07, 6.45) is 0. The third-order valence-electron chi connectivity index (χ3n) is 3.35. The average Bonchev–Trinajstić information content (AvgIpc) is 3.24. The van der Waals surface area contributed by atoms with Gasteiger partial charge in [-0.05, 0) is 30.2 Å². The second kappa shape index (κ2) is 7.76. The first kappa shape index (κ1) is 17.6. The number of para-hydroxylation sites is 1. The molecule has 0 spiro atoms. The van der Waals surface area contributed by atoms with Gasteiger partial charge in [-0.3, -0.25) is 4.79 Å². The minimum absolute atomic E-state index is 0.264. The molecule has 1 aromatic carbocycles. The van der Waals surface area contributed by atoms with E-state index in [1.165, 1.54) is 11.3 Å². The topological polar surface area (TPSA) is 68.3 Å². The van der Waals surface area contributed by atoms with E-state index in [0.717, 1.165) is 20.1 Å². The first-order chi connectivity index (χ1) is 12.0. The predicted molar refractivity (Wildman–Crippen MR) is 101 cm³/mol. The summed E-state index contributed by atoms with van der Waals surface area (Å²) in [7, 11) is 0. The van der Waals surface area contributed by atoms with Gasteiger partial charge in [0.1, 0.15) is 9.88 Å². The van der Waals surface area contributed by atoms with Crippen molar-refractivity contribution in [2.45, 2.75) is 13.8 Å². The fraction of sp³-hybridized carbons (Fsp3) is 0.278. The van der Waals surface area contributed by atoms with E-state index in [2.05, 4.69) is 10.3 Å². The molecule has 0 unspecified atom stereocenters. The highest BCUT2D eigenvalue weighted by molar-refractivity contribution is 7.26. The Hall–Kier alpha value is -2.25. The van der Waals surface area contributed by atoms with Crippen LogP contribution in [0.2, 0.25) is 0 Å². The fourth-order valence-corrected chi connectivity index (χ4v) is 4.03. The molecule has 0 fully saturated rings. The molecule has 0 atom stereocenters. The van der Waals surface area contributed by atoms with Crippen LogP contribution in [-0.4, -0.2) is 30.0 Å². The Morgan fingerprint density at radius 2 is 1.96 bits per heavy atom. The van der Waals surface area contributed by atoms with Gasteiger partial charge in [0.2, 0.25) is 0 Å². The van der Waals surface area contributed by atoms with Crippen LogP contribution in [-0.2, 0) is 9.53 Å². The van der Waals surface area contributed by atoms with E-state index >= 15 is 0 Å². The zero-order chi connectivity index (χ0) is 17.8. The van der Waals surface area contributed by atoms with E-state index in [1.807, 2.05) is 44.2 Å². The number of hydrogen-bond acceptors (Lipinski definition) is 6. The highest BCUT2D eigenvalue weighted by atomic mass is 32.1. The number of esters is 1. The summed E-state index contributed by atoms with van der Waals surface area (Å²) in [4.78, 5) is 29.7. The van der Waals surface area contributed by atoms with Crippen LogP contribution in [0.3, 0.4) is 0 Å². The van der Waals surface area contributed by atoms with Gasteiger partial charge < -0.3 is 10.1 Å². The lowest BCUT2D eigenvalue weighted by Crippen LogP contribution is -2.31. The number of benzene rings is 1. The standard InChI is InChI=1S/C18H18N2O3S2/c1-11(2)9-19-16(21)10-23-18(22)15-8-7-14(24-15)17-20-12-5-3-4-6-13(12)25-17/h3-8,11H,9-10H2,1-2H3,(H,19,21). The number of nitrogens with zero attached hydrogens (tertiary/aromatic N) is 1. The number of rotatable bonds is 6. The maximum atomic E-state index is 12.1. The first-order valence-corrected chi connectivity index (χ1v) is 9.56. The Kier molecular flexibility index (Phi) is 5.45. The zero-order valence-corrected chi connectivity index (χ0v) is 15.6. The molecule has 7 heteroatoms. The number of thiazole rings is 1. The van der Waals surface area contributed by atoms with Crippen molar-refractivity contribution in [2.24, 2.45) is 5.92 Å². The third-order valence-corrected chi connectivity index (χ3v) is 5.62. The number of ether oxygens (including phenoxy) is 1. The molecule has 25 heavy (non-hydrogen) atoms. The largest absolute Gasteiger partial charge is 0.451 e. The van der Waals surface area contributed by atoms with Crippen molar-refractivity contribution in [3.05, 3.63) is 41.3 Å². The Balaban J connectivity index is 1.62. The van der Waals surface area contributed by atoms with Gasteiger partial charge >= 0.3 is 5.97 Å². The number of carbonyl (C=O) groups is 2. The molecule has 1 amide bonds. The molecule has 2 heterocycles. The van der Waals surface area contributed by atoms with Gasteiger partial charge in [-0.15, -0.1) is 22.7 Å². The van der Waals surface area contributed by atoms with Crippen molar-refractivity contribution in [1.29, 1.82) is 0 Å². The van der Waals surface area contributed by atoms with Crippen LogP contribution in [0.1, 0.15) is 23.5 Å². The predicted octanol–water partition coefficient (Wildman–Crippen LogP) is 3.95. The Bertz CT molecular complexity index is 866. The van der Waals surface area contributed by atoms with Crippen molar-refractivity contribution in [3.8, 4) is 9.88 Å². The van der Waals surface area contributed by atoms with E-state index in [9.17, 15) is 9.59 Å². The molecule has 0 aliphatic carbocycles. The molecule has 3 rings (SSSR count). The van der Waals surface area contributed by atoms with E-state index in [1.54, 1.807) is 17.4 Å². The number of nitrogens with one attached hydrogen (secondary N) is 1. The lowest BCUT2D eigenvalue weighted by Gasteiger charge is -2.07. The number of amides is 1. The summed E-state index contributed by atoms with van der Waals surface area (Å²) in [5, 5.41) is 3.59. The quantitative estimate of drug-likeness (QED) is 0.663. The van der Waals surface area contributed by atoms with Crippen LogP contribution >= 0.6 is 22.7 Å². The summed E-state index contributed by atoms with van der Waals surface area (Å²) >= 11 is 2.91. The summed E-state index contributed by atoms with van der Waals surface area (Å²) < 4.78 is 6.18. The molecule has 130 valence electrons. The van der Waals surface area contributed by atoms with Crippen molar-refractivity contribution in [3.63, 3.8) is 0 Å². The zero-order valence-electron chi connectivity index (χ0n) is 13.9. The van der Waals surface area contributed by atoms with Gasteiger partial charge in [0.15, 0.2) is 6.61 Å². The molecule has 5 nitrogen and oxygen atoms in total. The number of hydrogen-bond donors (Lipinski definition) is 1. The molecule has 3 aromatic rings. The molecular formula is C18H18N2O3S2. The Morgan fingerprint density at radius 3 is 2.72 bits per heavy atom. The van der Waals surface area contributed by atoms with E-state index < -0.39 is 5.97 Å². The summed E-state index contributed by atoms with van der Waals surface area (Å²) in [6, 6.07) is 11.5. The molecule has 0 radical (unpaired) electrons. The molecule has 2 aromatic heterocycles. The Morgan fingerprint density at radius 1 is 1.16 bits per heavy atom. The minimum atomic E-state index is -0.489. The average molecular weight is 374 g/mol. The van der Waals surface area contributed by atoms with Gasteiger partial charge in [0, 0.05) is 6.54 Å². The number of aromatic nitrogens is 1. The molecule has 0 saturated carbocycles. The summed E-state index contributed by atoms with van der Waals surface area (Å²) in [5.74, 6) is -0.421. The van der Waals surface area contributed by atoms with Gasteiger partial charge in [0.05, 0.1) is 15.1 Å². The van der Waals surface area contributed by atoms with Gasteiger partial charge in [-0.2, -0.15) is 0 Å². The first-order valence-electron chi connectivity index (χ1n) is 7.92. The van der Waals surface area contributed by atoms with Crippen molar-refractivity contribution < 1.29 is 14.3 Å². The van der Waals surface area contributed by atoms with E-state index in [0.29, 0.717) is 17.3 Å².